The average molecular weight is 297 g/mol. The number of nitrogens with zero attached hydrogens (tertiary/aromatic N) is 2. The van der Waals surface area contributed by atoms with Gasteiger partial charge in [0.1, 0.15) is 0 Å². The van der Waals surface area contributed by atoms with Gasteiger partial charge < -0.3 is 9.84 Å². The molecule has 0 aromatic carbocycles. The minimum Gasteiger partial charge on any atom is -0.339 e. The van der Waals surface area contributed by atoms with E-state index in [2.05, 4.69) is 31.2 Å². The minimum absolute atomic E-state index is 0.316. The molecule has 1 aliphatic heterocycles. The highest BCUT2D eigenvalue weighted by molar-refractivity contribution is 7.99. The predicted octanol–water partition coefficient (Wildman–Crippen LogP) is 3.91. The summed E-state index contributed by atoms with van der Waals surface area (Å²) in [6, 6.07) is 0.382. The molecule has 1 saturated heterocycles. The molecule has 5 heteroatoms. The molecule has 2 heterocycles. The molecule has 20 heavy (non-hydrogen) atoms. The van der Waals surface area contributed by atoms with Crippen molar-refractivity contribution in [2.45, 2.75) is 70.1 Å². The van der Waals surface area contributed by atoms with Crippen LogP contribution in [0.1, 0.15) is 75.8 Å². The molecule has 1 aliphatic rings. The Kier molecular flexibility index (Phi) is 6.36. The third kappa shape index (κ3) is 3.98. The summed E-state index contributed by atoms with van der Waals surface area (Å²) in [5, 5.41) is 8.22. The Morgan fingerprint density at radius 1 is 1.40 bits per heavy atom. The van der Waals surface area contributed by atoms with E-state index in [1.54, 1.807) is 0 Å². The lowest BCUT2D eigenvalue weighted by atomic mass is 9.98. The highest BCUT2D eigenvalue weighted by Gasteiger charge is 2.26. The summed E-state index contributed by atoms with van der Waals surface area (Å²) in [6.45, 7) is 7.62. The summed E-state index contributed by atoms with van der Waals surface area (Å²) in [5.74, 6) is 3.26. The fourth-order valence-corrected chi connectivity index (χ4v) is 3.96. The predicted molar refractivity (Wildman–Crippen MR) is 84.1 cm³/mol. The topological polar surface area (TPSA) is 51.0 Å². The van der Waals surface area contributed by atoms with Crippen LogP contribution >= 0.6 is 11.8 Å². The molecule has 0 radical (unpaired) electrons. The van der Waals surface area contributed by atoms with Gasteiger partial charge in [-0.1, -0.05) is 25.4 Å². The van der Waals surface area contributed by atoms with Crippen molar-refractivity contribution in [3.8, 4) is 0 Å². The minimum atomic E-state index is 0.316. The van der Waals surface area contributed by atoms with Gasteiger partial charge in [0.15, 0.2) is 5.82 Å². The molecule has 1 aromatic rings. The summed E-state index contributed by atoms with van der Waals surface area (Å²) < 4.78 is 5.56. The molecule has 0 aliphatic carbocycles. The molecule has 1 fully saturated rings. The first-order valence-electron chi connectivity index (χ1n) is 7.94. The molecule has 114 valence electrons. The van der Waals surface area contributed by atoms with Gasteiger partial charge in [0, 0.05) is 6.04 Å². The number of thioether (sulfide) groups is 1. The van der Waals surface area contributed by atoms with E-state index < -0.39 is 0 Å². The van der Waals surface area contributed by atoms with Crippen molar-refractivity contribution in [1.29, 1.82) is 0 Å². The van der Waals surface area contributed by atoms with E-state index in [0.29, 0.717) is 17.2 Å². The standard InChI is InChI=1S/C15H27N3OS/c1-4-9-16-11(3)12(5-2)15-17-14(18-19-15)13-8-6-7-10-20-13/h11-13,16H,4-10H2,1-3H3. The molecule has 1 N–H and O–H groups in total. The lowest BCUT2D eigenvalue weighted by molar-refractivity contribution is 0.314. The van der Waals surface area contributed by atoms with Gasteiger partial charge in [0.25, 0.3) is 0 Å². The molecule has 0 saturated carbocycles. The van der Waals surface area contributed by atoms with Crippen LogP contribution in [0.4, 0.5) is 0 Å². The van der Waals surface area contributed by atoms with Crippen molar-refractivity contribution in [3.63, 3.8) is 0 Å². The zero-order valence-electron chi connectivity index (χ0n) is 12.9. The van der Waals surface area contributed by atoms with Gasteiger partial charge in [-0.15, -0.1) is 0 Å². The van der Waals surface area contributed by atoms with Crippen LogP contribution in [-0.2, 0) is 0 Å². The second-order valence-corrected chi connectivity index (χ2v) is 6.91. The van der Waals surface area contributed by atoms with E-state index in [-0.39, 0.29) is 0 Å². The van der Waals surface area contributed by atoms with E-state index in [4.69, 9.17) is 9.51 Å². The Balaban J connectivity index is 2.01. The lowest BCUT2D eigenvalue weighted by Gasteiger charge is -2.20. The van der Waals surface area contributed by atoms with Gasteiger partial charge in [0.05, 0.1) is 11.2 Å². The molecule has 3 atom stereocenters. The Morgan fingerprint density at radius 3 is 2.90 bits per heavy atom. The zero-order valence-corrected chi connectivity index (χ0v) is 13.7. The fraction of sp³-hybridized carbons (Fsp3) is 0.867. The zero-order chi connectivity index (χ0) is 14.4. The van der Waals surface area contributed by atoms with Crippen molar-refractivity contribution in [3.05, 3.63) is 11.7 Å². The Morgan fingerprint density at radius 2 is 2.25 bits per heavy atom. The molecule has 3 unspecified atom stereocenters. The van der Waals surface area contributed by atoms with E-state index in [1.165, 1.54) is 25.0 Å². The van der Waals surface area contributed by atoms with Crippen LogP contribution in [0.2, 0.25) is 0 Å². The van der Waals surface area contributed by atoms with Gasteiger partial charge in [-0.3, -0.25) is 0 Å². The fourth-order valence-electron chi connectivity index (χ4n) is 2.73. The van der Waals surface area contributed by atoms with Gasteiger partial charge in [0.2, 0.25) is 5.89 Å². The summed E-state index contributed by atoms with van der Waals surface area (Å²) >= 11 is 1.97. The molecular formula is C15H27N3OS. The van der Waals surface area contributed by atoms with E-state index in [9.17, 15) is 0 Å². The second-order valence-electron chi connectivity index (χ2n) is 5.60. The van der Waals surface area contributed by atoms with Crippen molar-refractivity contribution in [2.24, 2.45) is 0 Å². The first-order valence-corrected chi connectivity index (χ1v) is 8.99. The van der Waals surface area contributed by atoms with Crippen LogP contribution in [0.25, 0.3) is 0 Å². The van der Waals surface area contributed by atoms with Gasteiger partial charge in [-0.05, 0) is 44.9 Å². The third-order valence-corrected chi connectivity index (χ3v) is 5.38. The maximum atomic E-state index is 5.56. The van der Waals surface area contributed by atoms with Crippen molar-refractivity contribution < 1.29 is 4.52 Å². The van der Waals surface area contributed by atoms with E-state index >= 15 is 0 Å². The SMILES string of the molecule is CCCNC(C)C(CC)c1nc(C2CCCCS2)no1. The van der Waals surface area contributed by atoms with Crippen LogP contribution in [0, 0.1) is 0 Å². The van der Waals surface area contributed by atoms with Gasteiger partial charge >= 0.3 is 0 Å². The van der Waals surface area contributed by atoms with Crippen molar-refractivity contribution >= 4 is 11.8 Å². The third-order valence-electron chi connectivity index (χ3n) is 4.00. The Hall–Kier alpha value is -0.550. The van der Waals surface area contributed by atoms with Crippen molar-refractivity contribution in [2.75, 3.05) is 12.3 Å². The summed E-state index contributed by atoms with van der Waals surface area (Å²) in [7, 11) is 0. The maximum absolute atomic E-state index is 5.56. The molecular weight excluding hydrogens is 270 g/mol. The average Bonchev–Trinajstić information content (AvgIpc) is 2.96. The number of aromatic nitrogens is 2. The molecule has 1 aromatic heterocycles. The molecule has 2 rings (SSSR count). The van der Waals surface area contributed by atoms with Gasteiger partial charge in [-0.25, -0.2) is 0 Å². The second kappa shape index (κ2) is 8.03. The quantitative estimate of drug-likeness (QED) is 0.827. The summed E-state index contributed by atoms with van der Waals surface area (Å²) in [5.41, 5.74) is 0. The van der Waals surface area contributed by atoms with E-state index in [1.807, 2.05) is 11.8 Å². The molecule has 0 amide bonds. The number of hydrogen-bond donors (Lipinski definition) is 1. The van der Waals surface area contributed by atoms with Crippen LogP contribution < -0.4 is 5.32 Å². The highest BCUT2D eigenvalue weighted by atomic mass is 32.2. The molecule has 0 bridgehead atoms. The first-order chi connectivity index (χ1) is 9.76. The van der Waals surface area contributed by atoms with Gasteiger partial charge in [-0.2, -0.15) is 16.7 Å². The largest absolute Gasteiger partial charge is 0.339 e. The van der Waals surface area contributed by atoms with Crippen LogP contribution in [0.5, 0.6) is 0 Å². The highest BCUT2D eigenvalue weighted by Crippen LogP contribution is 2.37. The maximum Gasteiger partial charge on any atom is 0.231 e. The number of hydrogen-bond acceptors (Lipinski definition) is 5. The van der Waals surface area contributed by atoms with E-state index in [0.717, 1.165) is 31.1 Å². The van der Waals surface area contributed by atoms with Crippen molar-refractivity contribution in [1.82, 2.24) is 15.5 Å². The van der Waals surface area contributed by atoms with Crippen LogP contribution in [0.3, 0.4) is 0 Å². The van der Waals surface area contributed by atoms with Crippen LogP contribution in [-0.4, -0.2) is 28.5 Å². The smallest absolute Gasteiger partial charge is 0.231 e. The summed E-state index contributed by atoms with van der Waals surface area (Å²) in [4.78, 5) is 4.70. The Bertz CT molecular complexity index is 390. The molecule has 4 nitrogen and oxygen atoms in total. The number of rotatable bonds is 7. The monoisotopic (exact) mass is 297 g/mol. The first kappa shape index (κ1) is 15.8. The lowest BCUT2D eigenvalue weighted by Crippen LogP contribution is -2.32. The molecule has 0 spiro atoms. The van der Waals surface area contributed by atoms with Crippen LogP contribution in [0.15, 0.2) is 4.52 Å². The Labute approximate surface area is 126 Å². The number of nitrogens with one attached hydrogen (secondary N) is 1. The normalized spacial score (nSPS) is 22.6. The summed E-state index contributed by atoms with van der Waals surface area (Å²) in [6.07, 6.45) is 5.96.